The Labute approximate surface area is 138 Å². The molecular weight excluding hydrogens is 308 g/mol. The van der Waals surface area contributed by atoms with Crippen molar-refractivity contribution in [2.45, 2.75) is 0 Å². The maximum atomic E-state index is 12.3. The molecule has 0 aliphatic rings. The highest BCUT2D eigenvalue weighted by atomic mass is 16.5. The molecular formula is C18H14N2O4. The van der Waals surface area contributed by atoms with Crippen LogP contribution in [0.3, 0.4) is 0 Å². The third-order valence-electron chi connectivity index (χ3n) is 3.14. The Morgan fingerprint density at radius 1 is 0.792 bits per heavy atom. The zero-order valence-electron chi connectivity index (χ0n) is 12.6. The quantitative estimate of drug-likeness (QED) is 0.723. The summed E-state index contributed by atoms with van der Waals surface area (Å²) in [7, 11) is 0. The minimum Gasteiger partial charge on any atom is -0.459 e. The summed E-state index contributed by atoms with van der Waals surface area (Å²) < 4.78 is 10.7. The van der Waals surface area contributed by atoms with E-state index in [4.69, 9.17) is 9.15 Å². The average molecular weight is 322 g/mol. The van der Waals surface area contributed by atoms with E-state index >= 15 is 0 Å². The summed E-state index contributed by atoms with van der Waals surface area (Å²) in [6.07, 6.45) is 1.37. The van der Waals surface area contributed by atoms with E-state index in [1.54, 1.807) is 42.5 Å². The molecule has 0 fully saturated rings. The topological polar surface area (TPSA) is 80.6 Å². The van der Waals surface area contributed by atoms with Crippen LogP contribution >= 0.6 is 0 Å². The molecule has 0 unspecified atom stereocenters. The SMILES string of the molecule is O=C(NNC(=O)c1ccccc1Oc1ccccc1)c1ccco1. The van der Waals surface area contributed by atoms with Gasteiger partial charge >= 0.3 is 5.91 Å². The van der Waals surface area contributed by atoms with Crippen molar-refractivity contribution in [1.29, 1.82) is 0 Å². The van der Waals surface area contributed by atoms with Crippen LogP contribution in [0.15, 0.2) is 77.4 Å². The van der Waals surface area contributed by atoms with Crippen molar-refractivity contribution in [3.8, 4) is 11.5 Å². The fourth-order valence-electron chi connectivity index (χ4n) is 2.01. The zero-order valence-corrected chi connectivity index (χ0v) is 12.6. The lowest BCUT2D eigenvalue weighted by Crippen LogP contribution is -2.41. The predicted octanol–water partition coefficient (Wildman–Crippen LogP) is 3.15. The second-order valence-electron chi connectivity index (χ2n) is 4.80. The first kappa shape index (κ1) is 15.4. The second-order valence-corrected chi connectivity index (χ2v) is 4.80. The molecule has 0 atom stereocenters. The van der Waals surface area contributed by atoms with Gasteiger partial charge in [0, 0.05) is 0 Å². The van der Waals surface area contributed by atoms with E-state index in [-0.39, 0.29) is 5.76 Å². The van der Waals surface area contributed by atoms with Gasteiger partial charge < -0.3 is 9.15 Å². The van der Waals surface area contributed by atoms with E-state index in [2.05, 4.69) is 10.9 Å². The number of furan rings is 1. The monoisotopic (exact) mass is 322 g/mol. The van der Waals surface area contributed by atoms with Crippen molar-refractivity contribution in [2.24, 2.45) is 0 Å². The Hall–Kier alpha value is -3.54. The number of hydrazine groups is 1. The number of para-hydroxylation sites is 2. The van der Waals surface area contributed by atoms with Crippen molar-refractivity contribution in [3.63, 3.8) is 0 Å². The largest absolute Gasteiger partial charge is 0.459 e. The maximum Gasteiger partial charge on any atom is 0.305 e. The van der Waals surface area contributed by atoms with E-state index < -0.39 is 11.8 Å². The first-order valence-electron chi connectivity index (χ1n) is 7.20. The summed E-state index contributed by atoms with van der Waals surface area (Å²) in [5.74, 6) is 0.0474. The molecule has 3 aromatic rings. The summed E-state index contributed by atoms with van der Waals surface area (Å²) in [5.41, 5.74) is 4.91. The van der Waals surface area contributed by atoms with E-state index in [0.29, 0.717) is 17.1 Å². The van der Waals surface area contributed by atoms with E-state index in [0.717, 1.165) is 0 Å². The summed E-state index contributed by atoms with van der Waals surface area (Å²) in [5, 5.41) is 0. The van der Waals surface area contributed by atoms with Gasteiger partial charge in [-0.25, -0.2) is 0 Å². The molecule has 1 heterocycles. The minimum absolute atomic E-state index is 0.101. The molecule has 2 aromatic carbocycles. The van der Waals surface area contributed by atoms with Crippen molar-refractivity contribution in [2.75, 3.05) is 0 Å². The molecule has 0 saturated heterocycles. The highest BCUT2D eigenvalue weighted by Gasteiger charge is 2.15. The van der Waals surface area contributed by atoms with E-state index in [1.807, 2.05) is 18.2 Å². The van der Waals surface area contributed by atoms with Crippen LogP contribution < -0.4 is 15.6 Å². The van der Waals surface area contributed by atoms with Gasteiger partial charge in [-0.3, -0.25) is 20.4 Å². The summed E-state index contributed by atoms with van der Waals surface area (Å²) in [4.78, 5) is 24.1. The number of nitrogens with one attached hydrogen (secondary N) is 2. The van der Waals surface area contributed by atoms with Gasteiger partial charge in [0.05, 0.1) is 11.8 Å². The normalized spacial score (nSPS) is 10.0. The number of benzene rings is 2. The van der Waals surface area contributed by atoms with Gasteiger partial charge in [-0.15, -0.1) is 0 Å². The predicted molar refractivity (Wildman–Crippen MR) is 86.6 cm³/mol. The van der Waals surface area contributed by atoms with Gasteiger partial charge in [-0.2, -0.15) is 0 Å². The van der Waals surface area contributed by atoms with Crippen LogP contribution in [-0.4, -0.2) is 11.8 Å². The minimum atomic E-state index is -0.546. The Morgan fingerprint density at radius 2 is 1.50 bits per heavy atom. The first-order chi connectivity index (χ1) is 11.7. The highest BCUT2D eigenvalue weighted by molar-refractivity contribution is 5.99. The van der Waals surface area contributed by atoms with Gasteiger partial charge in [0.1, 0.15) is 11.5 Å². The second kappa shape index (κ2) is 7.15. The van der Waals surface area contributed by atoms with Crippen LogP contribution in [-0.2, 0) is 0 Å². The molecule has 6 nitrogen and oxygen atoms in total. The Kier molecular flexibility index (Phi) is 4.57. The lowest BCUT2D eigenvalue weighted by atomic mass is 10.2. The summed E-state index contributed by atoms with van der Waals surface area (Å²) in [6, 6.07) is 18.9. The number of carbonyl (C=O) groups is 2. The highest BCUT2D eigenvalue weighted by Crippen LogP contribution is 2.24. The molecule has 0 saturated carbocycles. The Morgan fingerprint density at radius 3 is 2.25 bits per heavy atom. The molecule has 0 bridgehead atoms. The molecule has 24 heavy (non-hydrogen) atoms. The zero-order chi connectivity index (χ0) is 16.8. The number of hydrogen-bond acceptors (Lipinski definition) is 4. The standard InChI is InChI=1S/C18H14N2O4/c21-17(19-20-18(22)16-11-6-12-23-16)14-9-4-5-10-15(14)24-13-7-2-1-3-8-13/h1-12H,(H,19,21)(H,20,22). The average Bonchev–Trinajstić information content (AvgIpc) is 3.15. The first-order valence-corrected chi connectivity index (χ1v) is 7.20. The van der Waals surface area contributed by atoms with Gasteiger partial charge in [0.25, 0.3) is 5.91 Å². The van der Waals surface area contributed by atoms with Crippen molar-refractivity contribution in [3.05, 3.63) is 84.3 Å². The molecule has 0 spiro atoms. The van der Waals surface area contributed by atoms with Gasteiger partial charge in [-0.1, -0.05) is 30.3 Å². The Bertz CT molecular complexity index is 829. The summed E-state index contributed by atoms with van der Waals surface area (Å²) >= 11 is 0. The number of rotatable bonds is 4. The molecule has 1 aromatic heterocycles. The van der Waals surface area contributed by atoms with Crippen LogP contribution in [0.2, 0.25) is 0 Å². The van der Waals surface area contributed by atoms with Crippen LogP contribution in [0, 0.1) is 0 Å². The fraction of sp³-hybridized carbons (Fsp3) is 0. The number of hydrogen-bond donors (Lipinski definition) is 2. The molecule has 6 heteroatoms. The lowest BCUT2D eigenvalue weighted by Gasteiger charge is -2.11. The number of amides is 2. The van der Waals surface area contributed by atoms with Gasteiger partial charge in [0.2, 0.25) is 0 Å². The van der Waals surface area contributed by atoms with E-state index in [9.17, 15) is 9.59 Å². The van der Waals surface area contributed by atoms with Crippen molar-refractivity contribution < 1.29 is 18.7 Å². The van der Waals surface area contributed by atoms with Gasteiger partial charge in [0.15, 0.2) is 5.76 Å². The maximum absolute atomic E-state index is 12.3. The molecule has 3 rings (SSSR count). The van der Waals surface area contributed by atoms with Crippen molar-refractivity contribution >= 4 is 11.8 Å². The van der Waals surface area contributed by atoms with Crippen LogP contribution in [0.4, 0.5) is 0 Å². The fourth-order valence-corrected chi connectivity index (χ4v) is 2.01. The smallest absolute Gasteiger partial charge is 0.305 e. The third-order valence-corrected chi connectivity index (χ3v) is 3.14. The van der Waals surface area contributed by atoms with Crippen molar-refractivity contribution in [1.82, 2.24) is 10.9 Å². The number of carbonyl (C=O) groups excluding carboxylic acids is 2. The van der Waals surface area contributed by atoms with Crippen LogP contribution in [0.1, 0.15) is 20.9 Å². The number of ether oxygens (including phenoxy) is 1. The van der Waals surface area contributed by atoms with Gasteiger partial charge in [-0.05, 0) is 36.4 Å². The molecule has 120 valence electrons. The molecule has 2 amide bonds. The van der Waals surface area contributed by atoms with Crippen LogP contribution in [0.5, 0.6) is 11.5 Å². The molecule has 0 radical (unpaired) electrons. The van der Waals surface area contributed by atoms with E-state index in [1.165, 1.54) is 12.3 Å². The Balaban J connectivity index is 1.70. The summed E-state index contributed by atoms with van der Waals surface area (Å²) in [6.45, 7) is 0. The lowest BCUT2D eigenvalue weighted by molar-refractivity contribution is 0.0829. The van der Waals surface area contributed by atoms with Crippen LogP contribution in [0.25, 0.3) is 0 Å². The third kappa shape index (κ3) is 3.61. The molecule has 0 aliphatic carbocycles. The molecule has 0 aliphatic heterocycles. The molecule has 2 N–H and O–H groups in total.